The molecule has 2 aliphatic rings. The van der Waals surface area contributed by atoms with Crippen LogP contribution >= 0.6 is 0 Å². The maximum atomic E-state index is 12.9. The molecule has 4 rings (SSSR count). The van der Waals surface area contributed by atoms with E-state index < -0.39 is 0 Å². The molecule has 0 saturated carbocycles. The number of piperazine rings is 1. The number of carbonyl (C=O) groups excluding carboxylic acids is 1. The van der Waals surface area contributed by atoms with Crippen molar-refractivity contribution < 1.29 is 4.79 Å². The Kier molecular flexibility index (Phi) is 4.15. The second-order valence-corrected chi connectivity index (χ2v) is 6.47. The Hall–Kier alpha value is -2.43. The monoisotopic (exact) mass is 322 g/mol. The molecule has 0 unspecified atom stereocenters. The summed E-state index contributed by atoms with van der Waals surface area (Å²) in [6, 6.07) is 10.4. The summed E-state index contributed by atoms with van der Waals surface area (Å²) in [6.07, 6.45) is 5.74. The van der Waals surface area contributed by atoms with E-state index >= 15 is 0 Å². The fraction of sp³-hybridized carbons (Fsp3) is 0.421. The Morgan fingerprint density at radius 3 is 2.46 bits per heavy atom. The summed E-state index contributed by atoms with van der Waals surface area (Å²) in [4.78, 5) is 25.9. The number of hydrogen-bond donors (Lipinski definition) is 0. The number of fused-ring (bicyclic) bond motifs is 1. The number of carbonyl (C=O) groups is 1. The fourth-order valence-corrected chi connectivity index (χ4v) is 3.66. The topological polar surface area (TPSA) is 49.3 Å². The van der Waals surface area contributed by atoms with Crippen LogP contribution in [0.2, 0.25) is 0 Å². The number of amides is 1. The number of nitrogens with zero attached hydrogens (tertiary/aromatic N) is 4. The third-order valence-electron chi connectivity index (χ3n) is 5.02. The highest BCUT2D eigenvalue weighted by Crippen LogP contribution is 2.23. The molecule has 0 radical (unpaired) electrons. The van der Waals surface area contributed by atoms with Crippen molar-refractivity contribution >= 4 is 11.6 Å². The lowest BCUT2D eigenvalue weighted by molar-refractivity contribution is 0.0739. The number of rotatable bonds is 2. The lowest BCUT2D eigenvalue weighted by atomic mass is 9.94. The molecule has 1 amide bonds. The first kappa shape index (κ1) is 15.1. The molecule has 24 heavy (non-hydrogen) atoms. The van der Waals surface area contributed by atoms with Crippen LogP contribution in [0.5, 0.6) is 0 Å². The van der Waals surface area contributed by atoms with E-state index in [0.717, 1.165) is 63.1 Å². The smallest absolute Gasteiger partial charge is 0.272 e. The Morgan fingerprint density at radius 2 is 1.67 bits per heavy atom. The van der Waals surface area contributed by atoms with Crippen molar-refractivity contribution in [3.05, 3.63) is 53.6 Å². The van der Waals surface area contributed by atoms with Crippen molar-refractivity contribution in [3.63, 3.8) is 0 Å². The van der Waals surface area contributed by atoms with Gasteiger partial charge < -0.3 is 9.80 Å². The Morgan fingerprint density at radius 1 is 0.917 bits per heavy atom. The van der Waals surface area contributed by atoms with Crippen LogP contribution in [0.25, 0.3) is 0 Å². The third kappa shape index (κ3) is 2.86. The second kappa shape index (κ2) is 6.59. The first-order valence-corrected chi connectivity index (χ1v) is 8.75. The van der Waals surface area contributed by atoms with Gasteiger partial charge in [-0.25, -0.2) is 9.97 Å². The normalized spacial score (nSPS) is 17.5. The minimum atomic E-state index is 0.0725. The quantitative estimate of drug-likeness (QED) is 0.851. The van der Waals surface area contributed by atoms with E-state index in [4.69, 9.17) is 0 Å². The Balaban J connectivity index is 1.47. The molecule has 0 atom stereocenters. The van der Waals surface area contributed by atoms with Gasteiger partial charge in [-0.2, -0.15) is 0 Å². The van der Waals surface area contributed by atoms with Crippen molar-refractivity contribution in [2.75, 3.05) is 31.1 Å². The van der Waals surface area contributed by atoms with Gasteiger partial charge in [-0.05, 0) is 37.8 Å². The molecule has 0 N–H and O–H groups in total. The standard InChI is InChI=1S/C19H22N4O/c24-19(18-16-8-4-5-9-17(16)20-14-21-18)23-12-10-22(11-13-23)15-6-2-1-3-7-15/h1-3,6-7,14H,4-5,8-13H2. The SMILES string of the molecule is O=C(c1ncnc2c1CCCC2)N1CCN(c2ccccc2)CC1. The van der Waals surface area contributed by atoms with E-state index in [1.165, 1.54) is 5.69 Å². The lowest BCUT2D eigenvalue weighted by Crippen LogP contribution is -2.49. The van der Waals surface area contributed by atoms with Crippen LogP contribution in [0.15, 0.2) is 36.7 Å². The first-order valence-electron chi connectivity index (χ1n) is 8.75. The fourth-order valence-electron chi connectivity index (χ4n) is 3.66. The molecule has 0 spiro atoms. The van der Waals surface area contributed by atoms with Crippen LogP contribution in [0, 0.1) is 0 Å². The molecule has 1 aromatic carbocycles. The highest BCUT2D eigenvalue weighted by atomic mass is 16.2. The molecule has 1 saturated heterocycles. The molecule has 0 bridgehead atoms. The van der Waals surface area contributed by atoms with Crippen LogP contribution in [-0.4, -0.2) is 47.0 Å². The number of aromatic nitrogens is 2. The molecular formula is C19H22N4O. The van der Waals surface area contributed by atoms with E-state index in [-0.39, 0.29) is 5.91 Å². The zero-order valence-corrected chi connectivity index (χ0v) is 13.8. The molecule has 5 heteroatoms. The van der Waals surface area contributed by atoms with E-state index in [2.05, 4.69) is 39.1 Å². The molecule has 5 nitrogen and oxygen atoms in total. The molecule has 124 valence electrons. The molecule has 1 aliphatic heterocycles. The van der Waals surface area contributed by atoms with E-state index in [1.54, 1.807) is 6.33 Å². The predicted octanol–water partition coefficient (Wildman–Crippen LogP) is 2.32. The maximum absolute atomic E-state index is 12.9. The van der Waals surface area contributed by atoms with Gasteiger partial charge in [0.1, 0.15) is 12.0 Å². The zero-order valence-electron chi connectivity index (χ0n) is 13.8. The van der Waals surface area contributed by atoms with Gasteiger partial charge in [0.2, 0.25) is 0 Å². The molecular weight excluding hydrogens is 300 g/mol. The van der Waals surface area contributed by atoms with Gasteiger partial charge in [-0.1, -0.05) is 18.2 Å². The minimum Gasteiger partial charge on any atom is -0.368 e. The van der Waals surface area contributed by atoms with Gasteiger partial charge in [-0.3, -0.25) is 4.79 Å². The highest BCUT2D eigenvalue weighted by molar-refractivity contribution is 5.94. The summed E-state index contributed by atoms with van der Waals surface area (Å²) in [5.74, 6) is 0.0725. The van der Waals surface area contributed by atoms with Crippen LogP contribution < -0.4 is 4.90 Å². The number of aryl methyl sites for hydroxylation is 1. The van der Waals surface area contributed by atoms with Crippen LogP contribution in [0.3, 0.4) is 0 Å². The van der Waals surface area contributed by atoms with Gasteiger partial charge in [0.05, 0.1) is 0 Å². The first-order chi connectivity index (χ1) is 11.8. The van der Waals surface area contributed by atoms with Crippen molar-refractivity contribution in [1.82, 2.24) is 14.9 Å². The van der Waals surface area contributed by atoms with Gasteiger partial charge in [-0.15, -0.1) is 0 Å². The largest absolute Gasteiger partial charge is 0.368 e. The van der Waals surface area contributed by atoms with Gasteiger partial charge in [0.15, 0.2) is 0 Å². The van der Waals surface area contributed by atoms with E-state index in [0.29, 0.717) is 5.69 Å². The number of hydrogen-bond acceptors (Lipinski definition) is 4. The van der Waals surface area contributed by atoms with E-state index in [1.807, 2.05) is 11.0 Å². The van der Waals surface area contributed by atoms with Crippen LogP contribution in [0.4, 0.5) is 5.69 Å². The predicted molar refractivity (Wildman–Crippen MR) is 93.2 cm³/mol. The summed E-state index contributed by atoms with van der Waals surface area (Å²) in [6.45, 7) is 3.21. The number of benzene rings is 1. The van der Waals surface area contributed by atoms with Crippen molar-refractivity contribution in [3.8, 4) is 0 Å². The van der Waals surface area contributed by atoms with Gasteiger partial charge in [0, 0.05) is 43.1 Å². The summed E-state index contributed by atoms with van der Waals surface area (Å²) in [5.41, 5.74) is 4.01. The number of anilines is 1. The summed E-state index contributed by atoms with van der Waals surface area (Å²) < 4.78 is 0. The average molecular weight is 322 g/mol. The zero-order chi connectivity index (χ0) is 16.4. The Labute approximate surface area is 142 Å². The van der Waals surface area contributed by atoms with E-state index in [9.17, 15) is 4.79 Å². The van der Waals surface area contributed by atoms with Crippen molar-refractivity contribution in [2.45, 2.75) is 25.7 Å². The van der Waals surface area contributed by atoms with Gasteiger partial charge in [0.25, 0.3) is 5.91 Å². The summed E-state index contributed by atoms with van der Waals surface area (Å²) in [5, 5.41) is 0. The Bertz CT molecular complexity index is 723. The summed E-state index contributed by atoms with van der Waals surface area (Å²) >= 11 is 0. The van der Waals surface area contributed by atoms with Crippen LogP contribution in [0.1, 0.15) is 34.6 Å². The molecule has 2 heterocycles. The second-order valence-electron chi connectivity index (χ2n) is 6.47. The van der Waals surface area contributed by atoms with Crippen molar-refractivity contribution in [2.24, 2.45) is 0 Å². The minimum absolute atomic E-state index is 0.0725. The van der Waals surface area contributed by atoms with Crippen LogP contribution in [-0.2, 0) is 12.8 Å². The highest BCUT2D eigenvalue weighted by Gasteiger charge is 2.27. The maximum Gasteiger partial charge on any atom is 0.272 e. The van der Waals surface area contributed by atoms with Crippen molar-refractivity contribution in [1.29, 1.82) is 0 Å². The number of para-hydroxylation sites is 1. The molecule has 1 aliphatic carbocycles. The summed E-state index contributed by atoms with van der Waals surface area (Å²) in [7, 11) is 0. The average Bonchev–Trinajstić information content (AvgIpc) is 2.68. The molecule has 1 aromatic heterocycles. The third-order valence-corrected chi connectivity index (χ3v) is 5.02. The van der Waals surface area contributed by atoms with Gasteiger partial charge >= 0.3 is 0 Å². The molecule has 1 fully saturated rings. The molecule has 2 aromatic rings. The lowest BCUT2D eigenvalue weighted by Gasteiger charge is -2.36.